The highest BCUT2D eigenvalue weighted by Crippen LogP contribution is 2.32. The van der Waals surface area contributed by atoms with Crippen LogP contribution in [0.25, 0.3) is 0 Å². The van der Waals surface area contributed by atoms with Gasteiger partial charge in [-0.3, -0.25) is 4.79 Å². The molecule has 2 heterocycles. The minimum atomic E-state index is -0.243. The van der Waals surface area contributed by atoms with E-state index in [-0.39, 0.29) is 18.6 Å². The molecular formula is C14H18N2O4. The average Bonchev–Trinajstić information content (AvgIpc) is 2.49. The lowest BCUT2D eigenvalue weighted by molar-refractivity contribution is -0.142. The summed E-state index contributed by atoms with van der Waals surface area (Å²) >= 11 is 0. The normalized spacial score (nSPS) is 19.9. The van der Waals surface area contributed by atoms with E-state index in [0.717, 1.165) is 17.1 Å². The third-order valence-corrected chi connectivity index (χ3v) is 3.50. The summed E-state index contributed by atoms with van der Waals surface area (Å²) in [5, 5.41) is 0. The number of nitrogens with zero attached hydrogens (tertiary/aromatic N) is 1. The van der Waals surface area contributed by atoms with Crippen molar-refractivity contribution in [3.8, 4) is 11.5 Å². The molecule has 6 nitrogen and oxygen atoms in total. The van der Waals surface area contributed by atoms with Crippen LogP contribution in [0.1, 0.15) is 11.6 Å². The number of benzene rings is 1. The molecule has 1 atom stereocenters. The maximum absolute atomic E-state index is 11.7. The monoisotopic (exact) mass is 278 g/mol. The van der Waals surface area contributed by atoms with Crippen LogP contribution >= 0.6 is 0 Å². The Morgan fingerprint density at radius 2 is 2.00 bits per heavy atom. The van der Waals surface area contributed by atoms with Gasteiger partial charge in [-0.05, 0) is 17.7 Å². The van der Waals surface area contributed by atoms with Gasteiger partial charge >= 0.3 is 0 Å². The zero-order valence-electron chi connectivity index (χ0n) is 11.2. The Kier molecular flexibility index (Phi) is 3.75. The first kappa shape index (κ1) is 13.2. The zero-order chi connectivity index (χ0) is 13.9. The molecule has 0 radical (unpaired) electrons. The van der Waals surface area contributed by atoms with Crippen LogP contribution in [0.15, 0.2) is 18.2 Å². The highest BCUT2D eigenvalue weighted by Gasteiger charge is 2.22. The molecule has 0 bridgehead atoms. The Bertz CT molecular complexity index is 506. The van der Waals surface area contributed by atoms with Crippen LogP contribution in [0.5, 0.6) is 11.5 Å². The number of hydrogen-bond acceptors (Lipinski definition) is 5. The maximum Gasteiger partial charge on any atom is 0.248 e. The quantitative estimate of drug-likeness (QED) is 0.861. The van der Waals surface area contributed by atoms with Crippen LogP contribution in [0.3, 0.4) is 0 Å². The van der Waals surface area contributed by atoms with Gasteiger partial charge in [-0.2, -0.15) is 0 Å². The first-order valence-electron chi connectivity index (χ1n) is 6.74. The third-order valence-electron chi connectivity index (χ3n) is 3.50. The molecule has 1 amide bonds. The summed E-state index contributed by atoms with van der Waals surface area (Å²) in [4.78, 5) is 13.4. The lowest BCUT2D eigenvalue weighted by Gasteiger charge is -2.29. The lowest BCUT2D eigenvalue weighted by Crippen LogP contribution is -2.44. The fourth-order valence-electron chi connectivity index (χ4n) is 2.38. The van der Waals surface area contributed by atoms with E-state index in [9.17, 15) is 4.79 Å². The zero-order valence-corrected chi connectivity index (χ0v) is 11.2. The minimum Gasteiger partial charge on any atom is -0.486 e. The summed E-state index contributed by atoms with van der Waals surface area (Å²) in [5.74, 6) is 1.45. The fraction of sp³-hybridized carbons (Fsp3) is 0.500. The van der Waals surface area contributed by atoms with Gasteiger partial charge in [-0.1, -0.05) is 6.07 Å². The van der Waals surface area contributed by atoms with Crippen LogP contribution in [-0.2, 0) is 9.53 Å². The maximum atomic E-state index is 11.7. The van der Waals surface area contributed by atoms with Crippen molar-refractivity contribution in [1.82, 2.24) is 4.90 Å². The molecule has 1 unspecified atom stereocenters. The second-order valence-corrected chi connectivity index (χ2v) is 4.90. The molecule has 2 aliphatic heterocycles. The number of morpholine rings is 1. The highest BCUT2D eigenvalue weighted by atomic mass is 16.6. The smallest absolute Gasteiger partial charge is 0.248 e. The molecule has 0 saturated carbocycles. The number of carbonyl (C=O) groups excluding carboxylic acids is 1. The molecule has 0 aromatic heterocycles. The van der Waals surface area contributed by atoms with Gasteiger partial charge in [0.15, 0.2) is 11.5 Å². The van der Waals surface area contributed by atoms with E-state index in [1.807, 2.05) is 18.2 Å². The molecule has 108 valence electrons. The SMILES string of the molecule is NC(CN1CCOCC1=O)c1ccc2c(c1)OCCO2. The molecule has 6 heteroatoms. The van der Waals surface area contributed by atoms with Crippen molar-refractivity contribution in [3.05, 3.63) is 23.8 Å². The lowest BCUT2D eigenvalue weighted by atomic mass is 10.1. The summed E-state index contributed by atoms with van der Waals surface area (Å²) in [7, 11) is 0. The highest BCUT2D eigenvalue weighted by molar-refractivity contribution is 5.78. The fourth-order valence-corrected chi connectivity index (χ4v) is 2.38. The molecule has 3 rings (SSSR count). The number of fused-ring (bicyclic) bond motifs is 1. The van der Waals surface area contributed by atoms with E-state index < -0.39 is 0 Å². The predicted octanol–water partition coefficient (Wildman–Crippen LogP) is 0.316. The molecular weight excluding hydrogens is 260 g/mol. The first-order valence-corrected chi connectivity index (χ1v) is 6.74. The number of rotatable bonds is 3. The Morgan fingerprint density at radius 3 is 2.80 bits per heavy atom. The van der Waals surface area contributed by atoms with E-state index >= 15 is 0 Å². The number of amides is 1. The van der Waals surface area contributed by atoms with Gasteiger partial charge in [0.05, 0.1) is 6.61 Å². The van der Waals surface area contributed by atoms with Crippen molar-refractivity contribution in [2.45, 2.75) is 6.04 Å². The second kappa shape index (κ2) is 5.68. The number of hydrogen-bond donors (Lipinski definition) is 1. The Hall–Kier alpha value is -1.79. The summed E-state index contributed by atoms with van der Waals surface area (Å²) in [6.07, 6.45) is 0. The van der Waals surface area contributed by atoms with Gasteiger partial charge in [-0.25, -0.2) is 0 Å². The number of carbonyl (C=O) groups is 1. The van der Waals surface area contributed by atoms with Gasteiger partial charge in [0.1, 0.15) is 19.8 Å². The van der Waals surface area contributed by atoms with Crippen molar-refractivity contribution < 1.29 is 19.0 Å². The number of nitrogens with two attached hydrogens (primary N) is 1. The molecule has 20 heavy (non-hydrogen) atoms. The molecule has 0 aliphatic carbocycles. The van der Waals surface area contributed by atoms with Crippen LogP contribution in [0.4, 0.5) is 0 Å². The van der Waals surface area contributed by atoms with Crippen molar-refractivity contribution in [3.63, 3.8) is 0 Å². The predicted molar refractivity (Wildman–Crippen MR) is 71.8 cm³/mol. The second-order valence-electron chi connectivity index (χ2n) is 4.90. The Balaban J connectivity index is 1.70. The van der Waals surface area contributed by atoms with E-state index in [2.05, 4.69) is 0 Å². The average molecular weight is 278 g/mol. The summed E-state index contributed by atoms with van der Waals surface area (Å²) in [5.41, 5.74) is 7.13. The van der Waals surface area contributed by atoms with E-state index in [1.165, 1.54) is 0 Å². The summed E-state index contributed by atoms with van der Waals surface area (Å²) in [6.45, 7) is 2.92. The van der Waals surface area contributed by atoms with Crippen LogP contribution in [0.2, 0.25) is 0 Å². The molecule has 1 fully saturated rings. The van der Waals surface area contributed by atoms with Crippen LogP contribution < -0.4 is 15.2 Å². The molecule has 2 aliphatic rings. The molecule has 2 N–H and O–H groups in total. The van der Waals surface area contributed by atoms with Crippen molar-refractivity contribution in [2.75, 3.05) is 39.5 Å². The van der Waals surface area contributed by atoms with Crippen molar-refractivity contribution in [1.29, 1.82) is 0 Å². The number of ether oxygens (including phenoxy) is 3. The van der Waals surface area contributed by atoms with Gasteiger partial charge in [0.2, 0.25) is 5.91 Å². The van der Waals surface area contributed by atoms with Gasteiger partial charge in [-0.15, -0.1) is 0 Å². The van der Waals surface area contributed by atoms with Gasteiger partial charge < -0.3 is 24.8 Å². The molecule has 1 aromatic carbocycles. The van der Waals surface area contributed by atoms with Crippen molar-refractivity contribution in [2.24, 2.45) is 5.73 Å². The van der Waals surface area contributed by atoms with Crippen molar-refractivity contribution >= 4 is 5.91 Å². The molecule has 1 saturated heterocycles. The Morgan fingerprint density at radius 1 is 1.20 bits per heavy atom. The summed E-state index contributed by atoms with van der Waals surface area (Å²) in [6, 6.07) is 5.44. The summed E-state index contributed by atoms with van der Waals surface area (Å²) < 4.78 is 16.1. The molecule has 0 spiro atoms. The van der Waals surface area contributed by atoms with Gasteiger partial charge in [0, 0.05) is 19.1 Å². The standard InChI is InChI=1S/C14H18N2O4/c15-11(8-16-3-4-18-9-14(16)17)10-1-2-12-13(7-10)20-6-5-19-12/h1-2,7,11H,3-6,8-9,15H2. The van der Waals surface area contributed by atoms with Crippen LogP contribution in [0, 0.1) is 0 Å². The van der Waals surface area contributed by atoms with E-state index in [1.54, 1.807) is 4.90 Å². The topological polar surface area (TPSA) is 74.0 Å². The first-order chi connectivity index (χ1) is 9.74. The molecule has 1 aromatic rings. The van der Waals surface area contributed by atoms with E-state index in [0.29, 0.717) is 32.9 Å². The van der Waals surface area contributed by atoms with Gasteiger partial charge in [0.25, 0.3) is 0 Å². The largest absolute Gasteiger partial charge is 0.486 e. The van der Waals surface area contributed by atoms with Crippen LogP contribution in [-0.4, -0.2) is 50.3 Å². The van der Waals surface area contributed by atoms with E-state index in [4.69, 9.17) is 19.9 Å². The Labute approximate surface area is 117 Å². The minimum absolute atomic E-state index is 0.00996. The third kappa shape index (κ3) is 2.71.